The van der Waals surface area contributed by atoms with Gasteiger partial charge >= 0.3 is 0 Å². The highest BCUT2D eigenvalue weighted by Gasteiger charge is 2.41. The van der Waals surface area contributed by atoms with Gasteiger partial charge in [-0.3, -0.25) is 0 Å². The second kappa shape index (κ2) is 7.14. The van der Waals surface area contributed by atoms with E-state index < -0.39 is 0 Å². The third-order valence-corrected chi connectivity index (χ3v) is 6.72. The van der Waals surface area contributed by atoms with E-state index in [1.165, 1.54) is 77.0 Å². The largest absolute Gasteiger partial charge is 0.0654 e. The Morgan fingerprint density at radius 3 is 1.95 bits per heavy atom. The molecule has 0 N–H and O–H groups in total. The summed E-state index contributed by atoms with van der Waals surface area (Å²) in [6, 6.07) is 0. The van der Waals surface area contributed by atoms with Crippen molar-refractivity contribution >= 4 is 0 Å². The SMILES string of the molecule is CCCC(C)(C1CCCCC1)C(C)C1CCCCC1. The zero-order valence-corrected chi connectivity index (χ0v) is 13.7. The van der Waals surface area contributed by atoms with E-state index in [0.717, 1.165) is 17.8 Å². The Balaban J connectivity index is 2.06. The van der Waals surface area contributed by atoms with Crippen molar-refractivity contribution in [1.82, 2.24) is 0 Å². The van der Waals surface area contributed by atoms with Crippen LogP contribution < -0.4 is 0 Å². The molecule has 0 nitrogen and oxygen atoms in total. The first kappa shape index (κ1) is 15.4. The Kier molecular flexibility index (Phi) is 5.78. The molecule has 2 aliphatic carbocycles. The summed E-state index contributed by atoms with van der Waals surface area (Å²) in [5.41, 5.74) is 0.636. The van der Waals surface area contributed by atoms with Crippen LogP contribution in [-0.4, -0.2) is 0 Å². The first-order valence-corrected chi connectivity index (χ1v) is 9.18. The molecule has 0 heterocycles. The summed E-state index contributed by atoms with van der Waals surface area (Å²) < 4.78 is 0. The van der Waals surface area contributed by atoms with Crippen LogP contribution in [0.1, 0.15) is 97.8 Å². The van der Waals surface area contributed by atoms with Crippen molar-refractivity contribution in [3.8, 4) is 0 Å². The minimum absolute atomic E-state index is 0.636. The van der Waals surface area contributed by atoms with Crippen LogP contribution in [0.5, 0.6) is 0 Å². The molecule has 2 atom stereocenters. The quantitative estimate of drug-likeness (QED) is 0.525. The van der Waals surface area contributed by atoms with E-state index in [1.54, 1.807) is 0 Å². The van der Waals surface area contributed by atoms with E-state index >= 15 is 0 Å². The Morgan fingerprint density at radius 1 is 0.895 bits per heavy atom. The lowest BCUT2D eigenvalue weighted by atomic mass is 9.57. The van der Waals surface area contributed by atoms with E-state index in [2.05, 4.69) is 20.8 Å². The van der Waals surface area contributed by atoms with Gasteiger partial charge in [-0.15, -0.1) is 0 Å². The molecule has 0 aromatic heterocycles. The van der Waals surface area contributed by atoms with Crippen LogP contribution in [0.3, 0.4) is 0 Å². The first-order chi connectivity index (χ1) is 9.18. The van der Waals surface area contributed by atoms with Gasteiger partial charge in [-0.2, -0.15) is 0 Å². The normalized spacial score (nSPS) is 27.9. The fourth-order valence-electron chi connectivity index (χ4n) is 5.28. The zero-order chi connectivity index (χ0) is 13.7. The summed E-state index contributed by atoms with van der Waals surface area (Å²) in [4.78, 5) is 0. The molecule has 19 heavy (non-hydrogen) atoms. The fourth-order valence-corrected chi connectivity index (χ4v) is 5.28. The van der Waals surface area contributed by atoms with Gasteiger partial charge in [0.2, 0.25) is 0 Å². The molecule has 2 rings (SSSR count). The van der Waals surface area contributed by atoms with E-state index in [1.807, 2.05) is 0 Å². The molecule has 0 spiro atoms. The predicted octanol–water partition coefficient (Wildman–Crippen LogP) is 6.59. The zero-order valence-electron chi connectivity index (χ0n) is 13.7. The molecule has 0 aliphatic heterocycles. The first-order valence-electron chi connectivity index (χ1n) is 9.18. The van der Waals surface area contributed by atoms with E-state index in [-0.39, 0.29) is 0 Å². The van der Waals surface area contributed by atoms with Crippen LogP contribution >= 0.6 is 0 Å². The Morgan fingerprint density at radius 2 is 1.42 bits per heavy atom. The van der Waals surface area contributed by atoms with Gasteiger partial charge in [-0.05, 0) is 42.4 Å². The molecule has 0 aromatic carbocycles. The molecule has 0 saturated heterocycles. The van der Waals surface area contributed by atoms with Crippen LogP contribution in [-0.2, 0) is 0 Å². The molecule has 0 radical (unpaired) electrons. The van der Waals surface area contributed by atoms with Gasteiger partial charge in [0.1, 0.15) is 0 Å². The minimum atomic E-state index is 0.636. The maximum Gasteiger partial charge on any atom is -0.0269 e. The third-order valence-electron chi connectivity index (χ3n) is 6.72. The van der Waals surface area contributed by atoms with Crippen molar-refractivity contribution in [3.05, 3.63) is 0 Å². The molecule has 2 saturated carbocycles. The summed E-state index contributed by atoms with van der Waals surface area (Å²) in [6.07, 6.45) is 17.9. The Hall–Kier alpha value is 0. The molecule has 0 aromatic rings. The lowest BCUT2D eigenvalue weighted by Gasteiger charge is -2.48. The second-order valence-corrected chi connectivity index (χ2v) is 7.78. The molecular weight excluding hydrogens is 228 g/mol. The summed E-state index contributed by atoms with van der Waals surface area (Å²) in [5, 5.41) is 0. The van der Waals surface area contributed by atoms with Gasteiger partial charge in [0.05, 0.1) is 0 Å². The van der Waals surface area contributed by atoms with Gasteiger partial charge in [-0.25, -0.2) is 0 Å². The van der Waals surface area contributed by atoms with Crippen LogP contribution in [0, 0.1) is 23.2 Å². The summed E-state index contributed by atoms with van der Waals surface area (Å²) >= 11 is 0. The Labute approximate surface area is 121 Å². The highest BCUT2D eigenvalue weighted by molar-refractivity contribution is 4.91. The Bertz CT molecular complexity index is 245. The number of hydrogen-bond donors (Lipinski definition) is 0. The highest BCUT2D eigenvalue weighted by atomic mass is 14.5. The van der Waals surface area contributed by atoms with Crippen LogP contribution in [0.2, 0.25) is 0 Å². The maximum absolute atomic E-state index is 2.66. The van der Waals surface area contributed by atoms with E-state index in [9.17, 15) is 0 Å². The lowest BCUT2D eigenvalue weighted by Crippen LogP contribution is -2.39. The molecule has 2 fully saturated rings. The van der Waals surface area contributed by atoms with Gasteiger partial charge in [0.15, 0.2) is 0 Å². The van der Waals surface area contributed by atoms with Crippen LogP contribution in [0.4, 0.5) is 0 Å². The van der Waals surface area contributed by atoms with E-state index in [0.29, 0.717) is 5.41 Å². The fraction of sp³-hybridized carbons (Fsp3) is 1.00. The van der Waals surface area contributed by atoms with Crippen molar-refractivity contribution in [2.45, 2.75) is 97.8 Å². The van der Waals surface area contributed by atoms with Crippen molar-refractivity contribution in [2.24, 2.45) is 23.2 Å². The molecule has 0 bridgehead atoms. The monoisotopic (exact) mass is 264 g/mol. The van der Waals surface area contributed by atoms with Gasteiger partial charge in [0, 0.05) is 0 Å². The van der Waals surface area contributed by atoms with Crippen molar-refractivity contribution < 1.29 is 0 Å². The van der Waals surface area contributed by atoms with Gasteiger partial charge in [0.25, 0.3) is 0 Å². The summed E-state index contributed by atoms with van der Waals surface area (Å²) in [6.45, 7) is 7.67. The smallest absolute Gasteiger partial charge is 0.0269 e. The number of hydrogen-bond acceptors (Lipinski definition) is 0. The summed E-state index contributed by atoms with van der Waals surface area (Å²) in [5.74, 6) is 3.02. The second-order valence-electron chi connectivity index (χ2n) is 7.78. The maximum atomic E-state index is 2.66. The predicted molar refractivity (Wildman–Crippen MR) is 85.3 cm³/mol. The topological polar surface area (TPSA) is 0 Å². The third kappa shape index (κ3) is 3.56. The molecule has 0 heteroatoms. The minimum Gasteiger partial charge on any atom is -0.0654 e. The van der Waals surface area contributed by atoms with Gasteiger partial charge in [-0.1, -0.05) is 78.6 Å². The van der Waals surface area contributed by atoms with Crippen molar-refractivity contribution in [1.29, 1.82) is 0 Å². The number of rotatable bonds is 5. The van der Waals surface area contributed by atoms with Crippen molar-refractivity contribution in [2.75, 3.05) is 0 Å². The van der Waals surface area contributed by atoms with E-state index in [4.69, 9.17) is 0 Å². The highest BCUT2D eigenvalue weighted by Crippen LogP contribution is 2.51. The van der Waals surface area contributed by atoms with Crippen molar-refractivity contribution in [3.63, 3.8) is 0 Å². The molecule has 0 amide bonds. The van der Waals surface area contributed by atoms with Crippen LogP contribution in [0.15, 0.2) is 0 Å². The molecule has 112 valence electrons. The molecule has 2 unspecified atom stereocenters. The average Bonchev–Trinajstić information content (AvgIpc) is 2.48. The molecule has 2 aliphatic rings. The lowest BCUT2D eigenvalue weighted by molar-refractivity contribution is 0.0175. The van der Waals surface area contributed by atoms with Crippen LogP contribution in [0.25, 0.3) is 0 Å². The van der Waals surface area contributed by atoms with Gasteiger partial charge < -0.3 is 0 Å². The standard InChI is InChI=1S/C19H36/c1-4-15-19(3,18-13-9-6-10-14-18)16(2)17-11-7-5-8-12-17/h16-18H,4-15H2,1-3H3. The summed E-state index contributed by atoms with van der Waals surface area (Å²) in [7, 11) is 0. The average molecular weight is 264 g/mol. The molecular formula is C19H36.